The Labute approximate surface area is 145 Å². The zero-order valence-corrected chi connectivity index (χ0v) is 15.5. The summed E-state index contributed by atoms with van der Waals surface area (Å²) < 4.78 is 7.42. The normalized spacial score (nSPS) is 11.8. The second-order valence-corrected chi connectivity index (χ2v) is 6.64. The minimum absolute atomic E-state index is 0.208. The van der Waals surface area contributed by atoms with Crippen LogP contribution in [0.25, 0.3) is 0 Å². The zero-order valence-electron chi connectivity index (χ0n) is 10.4. The molecule has 0 aliphatic carbocycles. The van der Waals surface area contributed by atoms with Crippen LogP contribution in [0, 0.1) is 3.57 Å². The van der Waals surface area contributed by atoms with Gasteiger partial charge in [-0.3, -0.25) is 3.11 Å². The van der Waals surface area contributed by atoms with Gasteiger partial charge < -0.3 is 9.84 Å². The van der Waals surface area contributed by atoms with Crippen LogP contribution in [-0.2, 0) is 16.0 Å². The van der Waals surface area contributed by atoms with Crippen LogP contribution in [0.3, 0.4) is 0 Å². The predicted octanol–water partition coefficient (Wildman–Crippen LogP) is 3.08. The van der Waals surface area contributed by atoms with Crippen molar-refractivity contribution in [3.63, 3.8) is 0 Å². The minimum Gasteiger partial charge on any atom is -0.508 e. The fourth-order valence-corrected chi connectivity index (χ4v) is 2.79. The number of phenolic OH excluding ortho intramolecular Hbond substituents is 1. The third-order valence-electron chi connectivity index (χ3n) is 2.50. The molecule has 0 radical (unpaired) electrons. The number of carbonyl (C=O) groups is 1. The summed E-state index contributed by atoms with van der Waals surface area (Å²) >= 11 is 9.25. The number of rotatable bonds is 4. The molecule has 0 saturated heterocycles. The van der Waals surface area contributed by atoms with Gasteiger partial charge in [0.25, 0.3) is 0 Å². The molecule has 0 fully saturated rings. The number of benzene rings is 1. The predicted molar refractivity (Wildman–Crippen MR) is 94.5 cm³/mol. The monoisotopic (exact) mass is 505 g/mol. The lowest BCUT2D eigenvalue weighted by Gasteiger charge is -2.25. The van der Waals surface area contributed by atoms with E-state index < -0.39 is 6.04 Å². The minimum atomic E-state index is -0.471. The van der Waals surface area contributed by atoms with Crippen LogP contribution in [-0.4, -0.2) is 32.3 Å². The van der Waals surface area contributed by atoms with Gasteiger partial charge in [-0.15, -0.1) is 0 Å². The molecule has 0 aliphatic rings. The third-order valence-corrected chi connectivity index (χ3v) is 5.42. The number of phenols is 1. The number of hydrogen-bond acceptors (Lipinski definition) is 4. The summed E-state index contributed by atoms with van der Waals surface area (Å²) in [5, 5.41) is 9.40. The summed E-state index contributed by atoms with van der Waals surface area (Å²) in [6.07, 6.45) is 0.474. The van der Waals surface area contributed by atoms with Gasteiger partial charge in [0.05, 0.1) is 35.0 Å². The van der Waals surface area contributed by atoms with Crippen LogP contribution in [0.15, 0.2) is 18.2 Å². The van der Waals surface area contributed by atoms with E-state index in [0.717, 1.165) is 9.13 Å². The molecule has 1 aromatic rings. The molecule has 1 atom stereocenters. The van der Waals surface area contributed by atoms with E-state index in [0.29, 0.717) is 11.4 Å². The van der Waals surface area contributed by atoms with Crippen molar-refractivity contribution in [1.29, 1.82) is 0 Å². The quantitative estimate of drug-likeness (QED) is 0.295. The molecule has 1 aromatic carbocycles. The summed E-state index contributed by atoms with van der Waals surface area (Å²) in [6, 6.07) is 4.59. The molecule has 19 heavy (non-hydrogen) atoms. The summed E-state index contributed by atoms with van der Waals surface area (Å²) in [5.41, 5.74) is 0.965. The fraction of sp³-hybridized carbons (Fsp3) is 0.333. The zero-order chi connectivity index (χ0) is 14.6. The van der Waals surface area contributed by atoms with Crippen LogP contribution in [0.5, 0.6) is 5.75 Å². The molecule has 7 heteroatoms. The molecule has 0 bridgehead atoms. The lowest BCUT2D eigenvalue weighted by atomic mass is 10.1. The largest absolute Gasteiger partial charge is 0.508 e. The van der Waals surface area contributed by atoms with E-state index in [-0.39, 0.29) is 11.7 Å². The van der Waals surface area contributed by atoms with Gasteiger partial charge in [0.15, 0.2) is 0 Å². The molecule has 0 aromatic heterocycles. The number of aromatic hydroxyl groups is 1. The second kappa shape index (κ2) is 7.58. The molecule has 4 nitrogen and oxygen atoms in total. The van der Waals surface area contributed by atoms with Crippen LogP contribution in [0.1, 0.15) is 12.5 Å². The number of methoxy groups -OCH3 is 1. The average molecular weight is 505 g/mol. The number of ether oxygens (including phenoxy) is 1. The van der Waals surface area contributed by atoms with Crippen LogP contribution >= 0.6 is 57.7 Å². The first-order chi connectivity index (χ1) is 8.86. The number of halogens is 2. The van der Waals surface area contributed by atoms with Gasteiger partial charge in [-0.25, -0.2) is 4.79 Å². The summed E-state index contributed by atoms with van der Waals surface area (Å²) in [6.45, 7) is 1.76. The molecule has 1 N–H and O–H groups in total. The molecular weight excluding hydrogens is 492 g/mol. The molecule has 0 spiro atoms. The second-order valence-electron chi connectivity index (χ2n) is 3.85. The molecule has 0 heterocycles. The van der Waals surface area contributed by atoms with Crippen LogP contribution in [0.4, 0.5) is 0 Å². The molecule has 1 unspecified atom stereocenters. The maximum Gasteiger partial charge on any atom is 0.329 e. The number of hydrogen-bond donors (Lipinski definition) is 1. The Morgan fingerprint density at radius 2 is 2.21 bits per heavy atom. The van der Waals surface area contributed by atoms with Gasteiger partial charge in [-0.05, 0) is 47.2 Å². The highest BCUT2D eigenvalue weighted by Crippen LogP contribution is 2.23. The topological polar surface area (TPSA) is 49.8 Å². The van der Waals surface area contributed by atoms with Gasteiger partial charge in [-0.1, -0.05) is 18.3 Å². The number of thiocarbonyl (C=S) groups is 1. The smallest absolute Gasteiger partial charge is 0.329 e. The number of carbonyl (C=O) groups excluding carboxylic acids is 1. The van der Waals surface area contributed by atoms with E-state index >= 15 is 0 Å². The first-order valence-electron chi connectivity index (χ1n) is 5.37. The van der Waals surface area contributed by atoms with Crippen molar-refractivity contribution in [3.8, 4) is 5.75 Å². The Bertz CT molecular complexity index is 496. The van der Waals surface area contributed by atoms with Crippen molar-refractivity contribution in [1.82, 2.24) is 3.11 Å². The number of esters is 1. The van der Waals surface area contributed by atoms with Crippen molar-refractivity contribution in [2.75, 3.05) is 7.11 Å². The highest BCUT2D eigenvalue weighted by molar-refractivity contribution is 14.1. The van der Waals surface area contributed by atoms with Gasteiger partial charge in [0.1, 0.15) is 11.8 Å². The standard InChI is InChI=1S/C12H13I2NO3S/c1-7(19)15(14)11(12(17)18-2)5-8-3-4-9(16)6-10(8)13/h3-4,6,11,16H,5H2,1-2H3. The van der Waals surface area contributed by atoms with Crippen LogP contribution in [0.2, 0.25) is 0 Å². The van der Waals surface area contributed by atoms with Gasteiger partial charge in [0, 0.05) is 9.99 Å². The average Bonchev–Trinajstić information content (AvgIpc) is 2.36. The molecule has 104 valence electrons. The third kappa shape index (κ3) is 4.71. The van der Waals surface area contributed by atoms with Crippen molar-refractivity contribution >= 4 is 68.6 Å². The van der Waals surface area contributed by atoms with E-state index in [9.17, 15) is 9.90 Å². The molecule has 0 saturated carbocycles. The van der Waals surface area contributed by atoms with Gasteiger partial charge >= 0.3 is 5.97 Å². The Morgan fingerprint density at radius 1 is 1.58 bits per heavy atom. The Morgan fingerprint density at radius 3 is 2.68 bits per heavy atom. The van der Waals surface area contributed by atoms with E-state index in [1.54, 1.807) is 28.2 Å². The Balaban J connectivity index is 3.00. The number of nitrogens with zero attached hydrogens (tertiary/aromatic N) is 1. The van der Waals surface area contributed by atoms with E-state index in [2.05, 4.69) is 22.6 Å². The van der Waals surface area contributed by atoms with Crippen LogP contribution < -0.4 is 0 Å². The van der Waals surface area contributed by atoms with Crippen molar-refractivity contribution < 1.29 is 14.6 Å². The summed E-state index contributed by atoms with van der Waals surface area (Å²) in [7, 11) is 1.36. The SMILES string of the molecule is COC(=O)C(Cc1ccc(O)cc1I)N(I)C(C)=S. The fourth-order valence-electron chi connectivity index (χ4n) is 1.52. The Kier molecular flexibility index (Phi) is 6.74. The lowest BCUT2D eigenvalue weighted by molar-refractivity contribution is -0.143. The maximum absolute atomic E-state index is 11.9. The summed E-state index contributed by atoms with van der Waals surface area (Å²) in [4.78, 5) is 12.5. The Hall–Kier alpha value is -0.160. The van der Waals surface area contributed by atoms with E-state index in [1.165, 1.54) is 7.11 Å². The van der Waals surface area contributed by atoms with Gasteiger partial charge in [-0.2, -0.15) is 0 Å². The first kappa shape index (κ1) is 16.9. The molecule has 0 aliphatic heterocycles. The molecule has 1 rings (SSSR count). The van der Waals surface area contributed by atoms with Crippen molar-refractivity contribution in [2.45, 2.75) is 19.4 Å². The lowest BCUT2D eigenvalue weighted by Crippen LogP contribution is -2.39. The summed E-state index contributed by atoms with van der Waals surface area (Å²) in [5.74, 6) is -0.123. The van der Waals surface area contributed by atoms with E-state index in [1.807, 2.05) is 22.9 Å². The molecular formula is C12H13I2NO3S. The first-order valence-corrected chi connectivity index (χ1v) is 7.82. The maximum atomic E-state index is 11.9. The van der Waals surface area contributed by atoms with Crippen molar-refractivity contribution in [3.05, 3.63) is 27.3 Å². The van der Waals surface area contributed by atoms with Crippen molar-refractivity contribution in [2.24, 2.45) is 0 Å². The van der Waals surface area contributed by atoms with E-state index in [4.69, 9.17) is 17.0 Å². The molecule has 0 amide bonds. The van der Waals surface area contributed by atoms with Gasteiger partial charge in [0.2, 0.25) is 0 Å². The highest BCUT2D eigenvalue weighted by atomic mass is 127. The highest BCUT2D eigenvalue weighted by Gasteiger charge is 2.27.